The number of sulfonamides is 1. The molecule has 1 aromatic heterocycles. The number of fused-ring (bicyclic) bond motifs is 1. The molecule has 0 radical (unpaired) electrons. The monoisotopic (exact) mass is 296 g/mol. The predicted molar refractivity (Wildman–Crippen MR) is 77.1 cm³/mol. The summed E-state index contributed by atoms with van der Waals surface area (Å²) in [4.78, 5) is 2.21. The molecule has 0 amide bonds. The Bertz CT molecular complexity index is 587. The van der Waals surface area contributed by atoms with Gasteiger partial charge in [0.1, 0.15) is 0 Å². The molecule has 2 aliphatic heterocycles. The highest BCUT2D eigenvalue weighted by Crippen LogP contribution is 2.35. The fourth-order valence-electron chi connectivity index (χ4n) is 3.29. The lowest BCUT2D eigenvalue weighted by Gasteiger charge is -2.25. The van der Waals surface area contributed by atoms with E-state index in [0.29, 0.717) is 6.54 Å². The van der Waals surface area contributed by atoms with E-state index >= 15 is 0 Å². The van der Waals surface area contributed by atoms with Gasteiger partial charge in [0.25, 0.3) is 0 Å². The minimum absolute atomic E-state index is 0.100. The fraction of sp³-hybridized carbons (Fsp3) is 0.692. The van der Waals surface area contributed by atoms with E-state index in [1.165, 1.54) is 0 Å². The summed E-state index contributed by atoms with van der Waals surface area (Å²) in [7, 11) is -3.09. The molecule has 0 aromatic carbocycles. The van der Waals surface area contributed by atoms with Crippen molar-refractivity contribution in [2.45, 2.75) is 38.8 Å². The van der Waals surface area contributed by atoms with E-state index in [0.717, 1.165) is 30.9 Å². The summed E-state index contributed by atoms with van der Waals surface area (Å²) >= 11 is 0. The molecule has 2 aliphatic rings. The number of nitrogens with zero attached hydrogens (tertiary/aromatic N) is 4. The average molecular weight is 296 g/mol. The summed E-state index contributed by atoms with van der Waals surface area (Å²) < 4.78 is 25.9. The van der Waals surface area contributed by atoms with Gasteiger partial charge >= 0.3 is 0 Å². The van der Waals surface area contributed by atoms with Gasteiger partial charge < -0.3 is 4.90 Å². The SMILES string of the molecule is CCS(=O)(=O)N1CC[C@H]2[C@H]1CCN2c1ccc(C)nn1. The summed E-state index contributed by atoms with van der Waals surface area (Å²) in [5.41, 5.74) is 0.895. The molecule has 0 aliphatic carbocycles. The van der Waals surface area contributed by atoms with Crippen LogP contribution in [0.25, 0.3) is 0 Å². The molecular formula is C13H20N4O2S. The van der Waals surface area contributed by atoms with Crippen LogP contribution in [-0.2, 0) is 10.0 Å². The fourth-order valence-corrected chi connectivity index (χ4v) is 4.66. The van der Waals surface area contributed by atoms with Crippen LogP contribution in [0.5, 0.6) is 0 Å². The Balaban J connectivity index is 1.82. The smallest absolute Gasteiger partial charge is 0.214 e. The van der Waals surface area contributed by atoms with Crippen molar-refractivity contribution >= 4 is 15.8 Å². The standard InChI is InChI=1S/C13H20N4O2S/c1-3-20(18,19)17-9-7-11-12(17)6-8-16(11)13-5-4-10(2)14-15-13/h4-5,11-12H,3,6-9H2,1-2H3/t11-,12+/m0/s1. The van der Waals surface area contributed by atoms with E-state index in [4.69, 9.17) is 0 Å². The van der Waals surface area contributed by atoms with Gasteiger partial charge in [-0.05, 0) is 38.8 Å². The van der Waals surface area contributed by atoms with Crippen molar-refractivity contribution in [3.8, 4) is 0 Å². The predicted octanol–water partition coefficient (Wildman–Crippen LogP) is 0.788. The highest BCUT2D eigenvalue weighted by Gasteiger charge is 2.46. The molecule has 6 nitrogen and oxygen atoms in total. The lowest BCUT2D eigenvalue weighted by atomic mass is 10.1. The minimum Gasteiger partial charge on any atom is -0.350 e. The molecule has 20 heavy (non-hydrogen) atoms. The van der Waals surface area contributed by atoms with E-state index in [1.54, 1.807) is 11.2 Å². The summed E-state index contributed by atoms with van der Waals surface area (Å²) in [6.45, 7) is 5.10. The number of hydrogen-bond donors (Lipinski definition) is 0. The van der Waals surface area contributed by atoms with Gasteiger partial charge in [-0.3, -0.25) is 0 Å². The molecule has 0 N–H and O–H groups in total. The summed E-state index contributed by atoms with van der Waals surface area (Å²) in [6, 6.07) is 4.27. The number of hydrogen-bond acceptors (Lipinski definition) is 5. The molecule has 0 bridgehead atoms. The van der Waals surface area contributed by atoms with Gasteiger partial charge in [0.15, 0.2) is 5.82 Å². The molecule has 2 fully saturated rings. The third-order valence-electron chi connectivity index (χ3n) is 4.33. The summed E-state index contributed by atoms with van der Waals surface area (Å²) in [5.74, 6) is 1.04. The first-order valence-corrected chi connectivity index (χ1v) is 8.70. The second-order valence-electron chi connectivity index (χ2n) is 5.45. The van der Waals surface area contributed by atoms with E-state index in [2.05, 4.69) is 15.1 Å². The molecule has 2 atom stereocenters. The van der Waals surface area contributed by atoms with Crippen molar-refractivity contribution in [2.75, 3.05) is 23.7 Å². The molecule has 0 unspecified atom stereocenters. The second-order valence-corrected chi connectivity index (χ2v) is 7.66. The van der Waals surface area contributed by atoms with E-state index in [-0.39, 0.29) is 17.8 Å². The number of aryl methyl sites for hydroxylation is 1. The number of anilines is 1. The zero-order chi connectivity index (χ0) is 14.3. The first kappa shape index (κ1) is 13.8. The molecule has 2 saturated heterocycles. The van der Waals surface area contributed by atoms with Crippen LogP contribution in [0.3, 0.4) is 0 Å². The van der Waals surface area contributed by atoms with Crippen molar-refractivity contribution < 1.29 is 8.42 Å². The molecular weight excluding hydrogens is 276 g/mol. The first-order valence-electron chi connectivity index (χ1n) is 7.09. The molecule has 1 aromatic rings. The van der Waals surface area contributed by atoms with Crippen LogP contribution in [0.1, 0.15) is 25.5 Å². The summed E-state index contributed by atoms with van der Waals surface area (Å²) in [5, 5.41) is 8.33. The zero-order valence-electron chi connectivity index (χ0n) is 11.9. The topological polar surface area (TPSA) is 66.4 Å². The first-order chi connectivity index (χ1) is 9.53. The maximum Gasteiger partial charge on any atom is 0.214 e. The van der Waals surface area contributed by atoms with Gasteiger partial charge in [0.2, 0.25) is 10.0 Å². The van der Waals surface area contributed by atoms with Crippen molar-refractivity contribution in [1.82, 2.24) is 14.5 Å². The lowest BCUT2D eigenvalue weighted by molar-refractivity contribution is 0.389. The van der Waals surface area contributed by atoms with Crippen molar-refractivity contribution in [1.29, 1.82) is 0 Å². The Morgan fingerprint density at radius 2 is 1.95 bits per heavy atom. The van der Waals surface area contributed by atoms with Crippen LogP contribution in [0.15, 0.2) is 12.1 Å². The largest absolute Gasteiger partial charge is 0.350 e. The highest BCUT2D eigenvalue weighted by atomic mass is 32.2. The van der Waals surface area contributed by atoms with Crippen LogP contribution in [-0.4, -0.2) is 53.8 Å². The Morgan fingerprint density at radius 3 is 2.60 bits per heavy atom. The maximum absolute atomic E-state index is 12.1. The van der Waals surface area contributed by atoms with Gasteiger partial charge in [0.05, 0.1) is 11.4 Å². The Kier molecular flexibility index (Phi) is 3.41. The second kappa shape index (κ2) is 4.96. The normalized spacial score (nSPS) is 27.0. The van der Waals surface area contributed by atoms with Crippen molar-refractivity contribution in [3.63, 3.8) is 0 Å². The molecule has 3 heterocycles. The molecule has 110 valence electrons. The molecule has 7 heteroatoms. The lowest BCUT2D eigenvalue weighted by Crippen LogP contribution is -2.40. The van der Waals surface area contributed by atoms with Crippen molar-refractivity contribution in [2.24, 2.45) is 0 Å². The van der Waals surface area contributed by atoms with E-state index in [1.807, 2.05) is 19.1 Å². The molecule has 0 spiro atoms. The van der Waals surface area contributed by atoms with Crippen molar-refractivity contribution in [3.05, 3.63) is 17.8 Å². The number of rotatable bonds is 3. The van der Waals surface area contributed by atoms with Gasteiger partial charge in [-0.15, -0.1) is 5.10 Å². The minimum atomic E-state index is -3.09. The van der Waals surface area contributed by atoms with Crippen LogP contribution in [0.2, 0.25) is 0 Å². The Hall–Kier alpha value is -1.21. The highest BCUT2D eigenvalue weighted by molar-refractivity contribution is 7.89. The Morgan fingerprint density at radius 1 is 1.20 bits per heavy atom. The quantitative estimate of drug-likeness (QED) is 0.825. The van der Waals surface area contributed by atoms with Gasteiger partial charge in [-0.25, -0.2) is 8.42 Å². The van der Waals surface area contributed by atoms with Crippen LogP contribution >= 0.6 is 0 Å². The summed E-state index contributed by atoms with van der Waals surface area (Å²) in [6.07, 6.45) is 1.75. The number of aromatic nitrogens is 2. The zero-order valence-corrected chi connectivity index (χ0v) is 12.7. The molecule has 3 rings (SSSR count). The van der Waals surface area contributed by atoms with Gasteiger partial charge in [-0.2, -0.15) is 9.40 Å². The van der Waals surface area contributed by atoms with E-state index < -0.39 is 10.0 Å². The van der Waals surface area contributed by atoms with Crippen LogP contribution < -0.4 is 4.90 Å². The third kappa shape index (κ3) is 2.18. The van der Waals surface area contributed by atoms with Crippen LogP contribution in [0, 0.1) is 6.92 Å². The maximum atomic E-state index is 12.1. The molecule has 0 saturated carbocycles. The van der Waals surface area contributed by atoms with Crippen LogP contribution in [0.4, 0.5) is 5.82 Å². The van der Waals surface area contributed by atoms with E-state index in [9.17, 15) is 8.42 Å². The third-order valence-corrected chi connectivity index (χ3v) is 6.22. The van der Waals surface area contributed by atoms with Gasteiger partial charge in [0, 0.05) is 25.2 Å². The average Bonchev–Trinajstić information content (AvgIpc) is 3.01. The van der Waals surface area contributed by atoms with Gasteiger partial charge in [-0.1, -0.05) is 0 Å². The Labute approximate surface area is 119 Å².